The molecule has 0 aromatic carbocycles. The van der Waals surface area contributed by atoms with Gasteiger partial charge in [0.15, 0.2) is 0 Å². The number of hydrogen-bond acceptors (Lipinski definition) is 4. The van der Waals surface area contributed by atoms with Crippen molar-refractivity contribution in [1.29, 1.82) is 0 Å². The van der Waals surface area contributed by atoms with Crippen LogP contribution in [0.15, 0.2) is 22.8 Å². The summed E-state index contributed by atoms with van der Waals surface area (Å²) in [6.07, 6.45) is 4.60. The van der Waals surface area contributed by atoms with Gasteiger partial charge in [-0.25, -0.2) is 0 Å². The first kappa shape index (κ1) is 11.2. The van der Waals surface area contributed by atoms with E-state index in [0.717, 1.165) is 25.0 Å². The van der Waals surface area contributed by atoms with Crippen molar-refractivity contribution < 1.29 is 13.9 Å². The summed E-state index contributed by atoms with van der Waals surface area (Å²) in [4.78, 5) is 11.6. The standard InChI is InChI=1S/C12H17NO3/c1-15-11(14)12(5-3-6-12)9-13-8-10-4-2-7-16-10/h2,4,7,13H,3,5-6,8-9H2,1H3. The molecule has 0 spiro atoms. The van der Waals surface area contributed by atoms with Crippen LogP contribution in [0.1, 0.15) is 25.0 Å². The predicted octanol–water partition coefficient (Wildman–Crippen LogP) is 1.71. The lowest BCUT2D eigenvalue weighted by Crippen LogP contribution is -2.46. The van der Waals surface area contributed by atoms with Crippen molar-refractivity contribution in [1.82, 2.24) is 5.32 Å². The van der Waals surface area contributed by atoms with Gasteiger partial charge in [0.2, 0.25) is 0 Å². The second-order valence-corrected chi connectivity index (χ2v) is 4.31. The van der Waals surface area contributed by atoms with E-state index in [1.165, 1.54) is 7.11 Å². The number of methoxy groups -OCH3 is 1. The molecular formula is C12H17NO3. The number of furan rings is 1. The maximum absolute atomic E-state index is 11.6. The van der Waals surface area contributed by atoms with Gasteiger partial charge in [0.05, 0.1) is 25.3 Å². The topological polar surface area (TPSA) is 51.5 Å². The highest BCUT2D eigenvalue weighted by atomic mass is 16.5. The average molecular weight is 223 g/mol. The van der Waals surface area contributed by atoms with Crippen molar-refractivity contribution in [2.24, 2.45) is 5.41 Å². The summed E-state index contributed by atoms with van der Waals surface area (Å²) in [5.74, 6) is 0.796. The van der Waals surface area contributed by atoms with Gasteiger partial charge in [0.1, 0.15) is 5.76 Å². The average Bonchev–Trinajstić information content (AvgIpc) is 2.74. The molecule has 1 heterocycles. The molecule has 1 aliphatic carbocycles. The van der Waals surface area contributed by atoms with Crippen LogP contribution in [0.4, 0.5) is 0 Å². The van der Waals surface area contributed by atoms with Crippen molar-refractivity contribution >= 4 is 5.97 Å². The molecular weight excluding hydrogens is 206 g/mol. The van der Waals surface area contributed by atoms with E-state index in [4.69, 9.17) is 9.15 Å². The smallest absolute Gasteiger partial charge is 0.313 e. The molecule has 88 valence electrons. The fourth-order valence-electron chi connectivity index (χ4n) is 2.11. The molecule has 0 amide bonds. The highest BCUT2D eigenvalue weighted by molar-refractivity contribution is 5.78. The zero-order valence-electron chi connectivity index (χ0n) is 9.49. The van der Waals surface area contributed by atoms with Gasteiger partial charge < -0.3 is 14.5 Å². The van der Waals surface area contributed by atoms with Gasteiger partial charge in [-0.2, -0.15) is 0 Å². The number of carbonyl (C=O) groups is 1. The molecule has 0 unspecified atom stereocenters. The molecule has 1 aromatic rings. The number of nitrogens with one attached hydrogen (secondary N) is 1. The molecule has 0 atom stereocenters. The quantitative estimate of drug-likeness (QED) is 0.772. The molecule has 0 bridgehead atoms. The SMILES string of the molecule is COC(=O)C1(CNCc2ccco2)CCC1. The van der Waals surface area contributed by atoms with Gasteiger partial charge in [-0.1, -0.05) is 6.42 Å². The molecule has 4 nitrogen and oxygen atoms in total. The largest absolute Gasteiger partial charge is 0.469 e. The van der Waals surface area contributed by atoms with Crippen LogP contribution in [-0.2, 0) is 16.1 Å². The minimum absolute atomic E-state index is 0.0919. The van der Waals surface area contributed by atoms with E-state index in [0.29, 0.717) is 13.1 Å². The molecule has 0 radical (unpaired) electrons. The molecule has 1 N–H and O–H groups in total. The van der Waals surface area contributed by atoms with E-state index in [1.807, 2.05) is 12.1 Å². The maximum Gasteiger partial charge on any atom is 0.313 e. The lowest BCUT2D eigenvalue weighted by Gasteiger charge is -2.38. The monoisotopic (exact) mass is 223 g/mol. The lowest BCUT2D eigenvalue weighted by molar-refractivity contribution is -0.158. The molecule has 1 aliphatic rings. The highest BCUT2D eigenvalue weighted by Gasteiger charge is 2.44. The van der Waals surface area contributed by atoms with E-state index in [1.54, 1.807) is 6.26 Å². The molecule has 0 saturated heterocycles. The molecule has 1 saturated carbocycles. The Labute approximate surface area is 95.0 Å². The van der Waals surface area contributed by atoms with Crippen LogP contribution < -0.4 is 5.32 Å². The van der Waals surface area contributed by atoms with Crippen LogP contribution in [-0.4, -0.2) is 19.6 Å². The van der Waals surface area contributed by atoms with Gasteiger partial charge >= 0.3 is 5.97 Å². The summed E-state index contributed by atoms with van der Waals surface area (Å²) in [6, 6.07) is 3.77. The number of carbonyl (C=O) groups excluding carboxylic acids is 1. The second kappa shape index (κ2) is 4.70. The van der Waals surface area contributed by atoms with Crippen molar-refractivity contribution in [3.05, 3.63) is 24.2 Å². The molecule has 1 fully saturated rings. The Bertz CT molecular complexity index is 341. The first-order chi connectivity index (χ1) is 7.77. The van der Waals surface area contributed by atoms with Crippen LogP contribution in [0.2, 0.25) is 0 Å². The van der Waals surface area contributed by atoms with Crippen molar-refractivity contribution in [3.8, 4) is 0 Å². The third-order valence-corrected chi connectivity index (χ3v) is 3.27. The Kier molecular flexibility index (Phi) is 3.29. The Morgan fingerprint density at radius 1 is 1.62 bits per heavy atom. The predicted molar refractivity (Wildman–Crippen MR) is 58.7 cm³/mol. The van der Waals surface area contributed by atoms with Gasteiger partial charge in [-0.05, 0) is 25.0 Å². The third-order valence-electron chi connectivity index (χ3n) is 3.27. The number of esters is 1. The van der Waals surface area contributed by atoms with E-state index < -0.39 is 0 Å². The first-order valence-electron chi connectivity index (χ1n) is 5.58. The van der Waals surface area contributed by atoms with E-state index in [-0.39, 0.29) is 11.4 Å². The molecule has 4 heteroatoms. The summed E-state index contributed by atoms with van der Waals surface area (Å²) < 4.78 is 10.1. The fourth-order valence-corrected chi connectivity index (χ4v) is 2.11. The zero-order chi connectivity index (χ0) is 11.4. The maximum atomic E-state index is 11.6. The summed E-state index contributed by atoms with van der Waals surface area (Å²) in [5, 5.41) is 3.25. The Balaban J connectivity index is 1.81. The van der Waals surface area contributed by atoms with Crippen LogP contribution in [0.3, 0.4) is 0 Å². The van der Waals surface area contributed by atoms with Crippen molar-refractivity contribution in [2.75, 3.05) is 13.7 Å². The third kappa shape index (κ3) is 2.11. The van der Waals surface area contributed by atoms with Crippen LogP contribution in [0.5, 0.6) is 0 Å². The summed E-state index contributed by atoms with van der Waals surface area (Å²) in [7, 11) is 1.45. The first-order valence-corrected chi connectivity index (χ1v) is 5.58. The fraction of sp³-hybridized carbons (Fsp3) is 0.583. The van der Waals surface area contributed by atoms with Crippen LogP contribution >= 0.6 is 0 Å². The summed E-state index contributed by atoms with van der Waals surface area (Å²) in [5.41, 5.74) is -0.290. The Morgan fingerprint density at radius 3 is 2.94 bits per heavy atom. The van der Waals surface area contributed by atoms with Crippen LogP contribution in [0.25, 0.3) is 0 Å². The van der Waals surface area contributed by atoms with E-state index in [9.17, 15) is 4.79 Å². The van der Waals surface area contributed by atoms with Crippen molar-refractivity contribution in [3.63, 3.8) is 0 Å². The molecule has 16 heavy (non-hydrogen) atoms. The van der Waals surface area contributed by atoms with Gasteiger partial charge in [-0.15, -0.1) is 0 Å². The van der Waals surface area contributed by atoms with Crippen molar-refractivity contribution in [2.45, 2.75) is 25.8 Å². The zero-order valence-corrected chi connectivity index (χ0v) is 9.49. The van der Waals surface area contributed by atoms with E-state index >= 15 is 0 Å². The normalized spacial score (nSPS) is 17.8. The Morgan fingerprint density at radius 2 is 2.44 bits per heavy atom. The number of ether oxygens (including phenoxy) is 1. The lowest BCUT2D eigenvalue weighted by atomic mass is 9.68. The minimum Gasteiger partial charge on any atom is -0.469 e. The summed E-state index contributed by atoms with van der Waals surface area (Å²) in [6.45, 7) is 1.33. The summed E-state index contributed by atoms with van der Waals surface area (Å²) >= 11 is 0. The van der Waals surface area contributed by atoms with Crippen LogP contribution in [0, 0.1) is 5.41 Å². The molecule has 1 aromatic heterocycles. The second-order valence-electron chi connectivity index (χ2n) is 4.31. The molecule has 0 aliphatic heterocycles. The highest BCUT2D eigenvalue weighted by Crippen LogP contribution is 2.41. The number of hydrogen-bond donors (Lipinski definition) is 1. The van der Waals surface area contributed by atoms with E-state index in [2.05, 4.69) is 5.32 Å². The molecule has 2 rings (SSSR count). The minimum atomic E-state index is -0.290. The van der Waals surface area contributed by atoms with Gasteiger partial charge in [-0.3, -0.25) is 4.79 Å². The van der Waals surface area contributed by atoms with Gasteiger partial charge in [0, 0.05) is 6.54 Å². The van der Waals surface area contributed by atoms with Gasteiger partial charge in [0.25, 0.3) is 0 Å². The number of rotatable bonds is 5. The Hall–Kier alpha value is -1.29.